The molecule has 1 fully saturated rings. The first kappa shape index (κ1) is 25.4. The van der Waals surface area contributed by atoms with Crippen molar-refractivity contribution in [3.63, 3.8) is 0 Å². The summed E-state index contributed by atoms with van der Waals surface area (Å²) in [6, 6.07) is 9.39. The standard InChI is InChI=1S/C25H30F3N3O3/c1-5-29-14-16-11-17(24(2)9-6-10-24)7-8-19(16)31-18-12-20(33-3)22(21(13-18)34-4)23(32)30-15-25(26,27)28/h5,7-8,11-13,31H,6,9-10,14-15H2,1-4H3,(H,30,32). The van der Waals surface area contributed by atoms with Crippen LogP contribution < -0.4 is 20.1 Å². The fourth-order valence-corrected chi connectivity index (χ4v) is 4.04. The molecule has 0 saturated heterocycles. The molecule has 1 aliphatic carbocycles. The molecule has 0 unspecified atom stereocenters. The van der Waals surface area contributed by atoms with Crippen molar-refractivity contribution in [3.8, 4) is 11.5 Å². The minimum Gasteiger partial charge on any atom is -0.496 e. The number of hydrogen-bond donors (Lipinski definition) is 2. The maximum Gasteiger partial charge on any atom is 0.405 e. The number of carbonyl (C=O) groups is 1. The van der Waals surface area contributed by atoms with Crippen LogP contribution in [-0.4, -0.2) is 39.1 Å². The Kier molecular flexibility index (Phi) is 7.74. The van der Waals surface area contributed by atoms with E-state index in [4.69, 9.17) is 9.47 Å². The van der Waals surface area contributed by atoms with Gasteiger partial charge in [0.15, 0.2) is 0 Å². The van der Waals surface area contributed by atoms with E-state index < -0.39 is 18.6 Å². The summed E-state index contributed by atoms with van der Waals surface area (Å²) >= 11 is 0. The van der Waals surface area contributed by atoms with E-state index in [0.717, 1.165) is 24.1 Å². The highest BCUT2D eigenvalue weighted by Gasteiger charge is 2.34. The van der Waals surface area contributed by atoms with E-state index >= 15 is 0 Å². The maximum absolute atomic E-state index is 12.6. The van der Waals surface area contributed by atoms with E-state index in [1.54, 1.807) is 18.3 Å². The molecule has 34 heavy (non-hydrogen) atoms. The van der Waals surface area contributed by atoms with Crippen LogP contribution in [0.25, 0.3) is 0 Å². The highest BCUT2D eigenvalue weighted by molar-refractivity contribution is 6.00. The first-order valence-corrected chi connectivity index (χ1v) is 11.1. The van der Waals surface area contributed by atoms with Crippen LogP contribution in [0.1, 0.15) is 54.6 Å². The highest BCUT2D eigenvalue weighted by Crippen LogP contribution is 2.44. The van der Waals surface area contributed by atoms with Crippen molar-refractivity contribution in [1.82, 2.24) is 5.32 Å². The number of methoxy groups -OCH3 is 2. The predicted octanol–water partition coefficient (Wildman–Crippen LogP) is 5.77. The Morgan fingerprint density at radius 2 is 1.79 bits per heavy atom. The molecule has 2 aromatic carbocycles. The molecule has 3 rings (SSSR count). The van der Waals surface area contributed by atoms with E-state index in [0.29, 0.717) is 12.2 Å². The van der Waals surface area contributed by atoms with Gasteiger partial charge in [0.25, 0.3) is 5.91 Å². The molecule has 0 spiro atoms. The number of ether oxygens (including phenoxy) is 2. The van der Waals surface area contributed by atoms with Gasteiger partial charge in [-0.05, 0) is 48.6 Å². The quantitative estimate of drug-likeness (QED) is 0.450. The number of amides is 1. The molecule has 0 aliphatic heterocycles. The zero-order valence-electron chi connectivity index (χ0n) is 19.8. The summed E-state index contributed by atoms with van der Waals surface area (Å²) in [4.78, 5) is 16.8. The van der Waals surface area contributed by atoms with Gasteiger partial charge in [-0.3, -0.25) is 9.79 Å². The van der Waals surface area contributed by atoms with Crippen molar-refractivity contribution < 1.29 is 27.4 Å². The van der Waals surface area contributed by atoms with Crippen LogP contribution in [0.3, 0.4) is 0 Å². The van der Waals surface area contributed by atoms with Crippen LogP contribution in [-0.2, 0) is 12.0 Å². The van der Waals surface area contributed by atoms with Crippen LogP contribution in [0.5, 0.6) is 11.5 Å². The third-order valence-corrected chi connectivity index (χ3v) is 6.16. The monoisotopic (exact) mass is 477 g/mol. The van der Waals surface area contributed by atoms with E-state index in [2.05, 4.69) is 29.4 Å². The van der Waals surface area contributed by atoms with Crippen molar-refractivity contribution in [3.05, 3.63) is 47.0 Å². The van der Waals surface area contributed by atoms with Gasteiger partial charge < -0.3 is 20.1 Å². The highest BCUT2D eigenvalue weighted by atomic mass is 19.4. The number of alkyl halides is 3. The molecule has 0 atom stereocenters. The molecule has 0 aromatic heterocycles. The molecule has 9 heteroatoms. The second-order valence-electron chi connectivity index (χ2n) is 8.56. The van der Waals surface area contributed by atoms with Crippen molar-refractivity contribution in [2.45, 2.75) is 51.2 Å². The molecule has 1 aliphatic rings. The normalized spacial score (nSPS) is 15.0. The number of nitrogens with one attached hydrogen (secondary N) is 2. The summed E-state index contributed by atoms with van der Waals surface area (Å²) in [6.07, 6.45) is 0.756. The van der Waals surface area contributed by atoms with E-state index in [1.165, 1.54) is 26.2 Å². The number of aliphatic imine (C=N–C) groups is 1. The number of rotatable bonds is 9. The van der Waals surface area contributed by atoms with Gasteiger partial charge in [-0.1, -0.05) is 25.5 Å². The summed E-state index contributed by atoms with van der Waals surface area (Å²) in [7, 11) is 2.68. The molecule has 6 nitrogen and oxygen atoms in total. The number of benzene rings is 2. The van der Waals surface area contributed by atoms with Crippen LogP contribution >= 0.6 is 0 Å². The van der Waals surface area contributed by atoms with Gasteiger partial charge >= 0.3 is 6.18 Å². The summed E-state index contributed by atoms with van der Waals surface area (Å²) in [5.41, 5.74) is 3.75. The van der Waals surface area contributed by atoms with Crippen LogP contribution in [0.2, 0.25) is 0 Å². The zero-order valence-corrected chi connectivity index (χ0v) is 19.8. The Hall–Kier alpha value is -3.23. The van der Waals surface area contributed by atoms with Gasteiger partial charge in [0.05, 0.1) is 20.8 Å². The Balaban J connectivity index is 1.93. The lowest BCUT2D eigenvalue weighted by atomic mass is 9.66. The first-order valence-electron chi connectivity index (χ1n) is 11.1. The lowest BCUT2D eigenvalue weighted by Crippen LogP contribution is -2.34. The number of nitrogens with zero attached hydrogens (tertiary/aromatic N) is 1. The Morgan fingerprint density at radius 1 is 1.15 bits per heavy atom. The van der Waals surface area contributed by atoms with Crippen LogP contribution in [0, 0.1) is 0 Å². The van der Waals surface area contributed by atoms with Crippen molar-refractivity contribution in [2.24, 2.45) is 4.99 Å². The molecular formula is C25H30F3N3O3. The minimum absolute atomic E-state index is 0.0910. The second kappa shape index (κ2) is 10.4. The number of halogens is 3. The Labute approximate surface area is 197 Å². The number of carbonyl (C=O) groups excluding carboxylic acids is 1. The summed E-state index contributed by atoms with van der Waals surface area (Å²) in [5, 5.41) is 5.18. The number of anilines is 2. The van der Waals surface area contributed by atoms with Crippen LogP contribution in [0.4, 0.5) is 24.5 Å². The number of hydrogen-bond acceptors (Lipinski definition) is 5. The Morgan fingerprint density at radius 3 is 2.29 bits per heavy atom. The summed E-state index contributed by atoms with van der Waals surface area (Å²) < 4.78 is 48.3. The molecular weight excluding hydrogens is 447 g/mol. The molecule has 2 aromatic rings. The molecule has 1 saturated carbocycles. The SMILES string of the molecule is CC=NCc1cc(C2(C)CCC2)ccc1Nc1cc(OC)c(C(=O)NCC(F)(F)F)c(OC)c1. The molecule has 0 heterocycles. The van der Waals surface area contributed by atoms with Crippen LogP contribution in [0.15, 0.2) is 35.3 Å². The molecule has 0 radical (unpaired) electrons. The first-order chi connectivity index (χ1) is 16.1. The van der Waals surface area contributed by atoms with Gasteiger partial charge in [0.2, 0.25) is 0 Å². The minimum atomic E-state index is -4.53. The van der Waals surface area contributed by atoms with Gasteiger partial charge in [0.1, 0.15) is 23.6 Å². The molecule has 0 bridgehead atoms. The average Bonchev–Trinajstić information content (AvgIpc) is 2.79. The van der Waals surface area contributed by atoms with Gasteiger partial charge in [-0.15, -0.1) is 0 Å². The van der Waals surface area contributed by atoms with E-state index in [1.807, 2.05) is 18.3 Å². The van der Waals surface area contributed by atoms with Gasteiger partial charge in [-0.2, -0.15) is 13.2 Å². The summed E-state index contributed by atoms with van der Waals surface area (Å²) in [5.74, 6) is -0.754. The largest absolute Gasteiger partial charge is 0.496 e. The average molecular weight is 478 g/mol. The Bertz CT molecular complexity index is 1040. The zero-order chi connectivity index (χ0) is 24.9. The third-order valence-electron chi connectivity index (χ3n) is 6.16. The fraction of sp³-hybridized carbons (Fsp3) is 0.440. The lowest BCUT2D eigenvalue weighted by molar-refractivity contribution is -0.123. The molecule has 1 amide bonds. The molecule has 2 N–H and O–H groups in total. The van der Waals surface area contributed by atoms with Gasteiger partial charge in [0, 0.05) is 23.5 Å². The van der Waals surface area contributed by atoms with Crippen molar-refractivity contribution in [1.29, 1.82) is 0 Å². The van der Waals surface area contributed by atoms with Crippen molar-refractivity contribution in [2.75, 3.05) is 26.1 Å². The van der Waals surface area contributed by atoms with E-state index in [-0.39, 0.29) is 22.5 Å². The second-order valence-corrected chi connectivity index (χ2v) is 8.56. The smallest absolute Gasteiger partial charge is 0.405 e. The topological polar surface area (TPSA) is 72.0 Å². The van der Waals surface area contributed by atoms with Gasteiger partial charge in [-0.25, -0.2) is 0 Å². The van der Waals surface area contributed by atoms with E-state index in [9.17, 15) is 18.0 Å². The fourth-order valence-electron chi connectivity index (χ4n) is 4.04. The molecule has 184 valence electrons. The third kappa shape index (κ3) is 5.81. The maximum atomic E-state index is 12.6. The summed E-state index contributed by atoms with van der Waals surface area (Å²) in [6.45, 7) is 3.17. The van der Waals surface area contributed by atoms with Crippen molar-refractivity contribution >= 4 is 23.5 Å². The lowest BCUT2D eigenvalue weighted by Gasteiger charge is -2.39. The predicted molar refractivity (Wildman–Crippen MR) is 127 cm³/mol.